The van der Waals surface area contributed by atoms with E-state index in [-0.39, 0.29) is 23.5 Å². The summed E-state index contributed by atoms with van der Waals surface area (Å²) in [6.45, 7) is 1.74. The van der Waals surface area contributed by atoms with Gasteiger partial charge in [0.05, 0.1) is 11.5 Å². The summed E-state index contributed by atoms with van der Waals surface area (Å²) in [7, 11) is -2.61. The number of piperidine rings is 1. The van der Waals surface area contributed by atoms with E-state index in [4.69, 9.17) is 4.74 Å². The fourth-order valence-corrected chi connectivity index (χ4v) is 5.88. The van der Waals surface area contributed by atoms with Gasteiger partial charge in [-0.05, 0) is 61.4 Å². The highest BCUT2D eigenvalue weighted by Crippen LogP contribution is 2.36. The van der Waals surface area contributed by atoms with Crippen molar-refractivity contribution >= 4 is 27.1 Å². The van der Waals surface area contributed by atoms with E-state index in [1.54, 1.807) is 7.11 Å². The van der Waals surface area contributed by atoms with E-state index >= 15 is 0 Å². The number of ether oxygens (including phenoxy) is 2. The minimum absolute atomic E-state index is 0.00219. The highest BCUT2D eigenvalue weighted by molar-refractivity contribution is 7.93. The number of anilines is 2. The summed E-state index contributed by atoms with van der Waals surface area (Å²) in [5.74, 6) is -1.35. The van der Waals surface area contributed by atoms with Gasteiger partial charge in [0.1, 0.15) is 5.75 Å². The quantitative estimate of drug-likeness (QED) is 0.343. The van der Waals surface area contributed by atoms with E-state index in [0.717, 1.165) is 12.1 Å². The Morgan fingerprint density at radius 3 is 2.09 bits per heavy atom. The lowest BCUT2D eigenvalue weighted by atomic mass is 9.95. The number of nitrogens with zero attached hydrogens (tertiary/aromatic N) is 1. The predicted molar refractivity (Wildman–Crippen MR) is 120 cm³/mol. The van der Waals surface area contributed by atoms with E-state index in [9.17, 15) is 31.6 Å². The van der Waals surface area contributed by atoms with E-state index in [0.29, 0.717) is 37.6 Å². The number of alkyl halides is 3. The third-order valence-electron chi connectivity index (χ3n) is 5.85. The second-order valence-corrected chi connectivity index (χ2v) is 10.3. The van der Waals surface area contributed by atoms with Crippen molar-refractivity contribution < 1.29 is 41.1 Å². The summed E-state index contributed by atoms with van der Waals surface area (Å²) < 4.78 is 70.9. The number of halogens is 3. The number of sulfone groups is 1. The number of carbonyl (C=O) groups is 1. The number of likely N-dealkylation sites (tertiary alicyclic amines) is 1. The number of benzene rings is 2. The molecule has 9 nitrogen and oxygen atoms in total. The van der Waals surface area contributed by atoms with Crippen LogP contribution in [-0.2, 0) is 19.4 Å². The van der Waals surface area contributed by atoms with Crippen LogP contribution in [0.25, 0.3) is 0 Å². The molecule has 0 radical (unpaired) electrons. The fourth-order valence-electron chi connectivity index (χ4n) is 3.93. The van der Waals surface area contributed by atoms with Gasteiger partial charge in [-0.2, -0.15) is 0 Å². The van der Waals surface area contributed by atoms with Crippen LogP contribution in [0.3, 0.4) is 0 Å². The zero-order valence-corrected chi connectivity index (χ0v) is 19.7. The first-order chi connectivity index (χ1) is 16.5. The number of hydroxylamine groups is 1. The third kappa shape index (κ3) is 6.23. The molecule has 0 atom stereocenters. The van der Waals surface area contributed by atoms with Crippen LogP contribution in [0.5, 0.6) is 5.75 Å². The Kier molecular flexibility index (Phi) is 8.26. The minimum Gasteiger partial charge on any atom is -0.406 e. The zero-order chi connectivity index (χ0) is 25.7. The Bertz CT molecular complexity index is 1100. The van der Waals surface area contributed by atoms with Crippen molar-refractivity contribution in [2.75, 3.05) is 38.7 Å². The summed E-state index contributed by atoms with van der Waals surface area (Å²) in [6.07, 6.45) is -4.79. The summed E-state index contributed by atoms with van der Waals surface area (Å²) in [6, 6.07) is 10.7. The first-order valence-electron chi connectivity index (χ1n) is 10.6. The molecule has 192 valence electrons. The molecule has 1 aliphatic heterocycles. The highest BCUT2D eigenvalue weighted by Gasteiger charge is 2.52. The van der Waals surface area contributed by atoms with Crippen LogP contribution in [0, 0.1) is 0 Å². The molecule has 3 rings (SSSR count). The number of hydrogen-bond donors (Lipinski definition) is 3. The molecule has 13 heteroatoms. The summed E-state index contributed by atoms with van der Waals surface area (Å²) in [5.41, 5.74) is 2.45. The lowest BCUT2D eigenvalue weighted by Crippen LogP contribution is -2.58. The second-order valence-electron chi connectivity index (χ2n) is 7.99. The van der Waals surface area contributed by atoms with Crippen molar-refractivity contribution in [3.8, 4) is 5.75 Å². The summed E-state index contributed by atoms with van der Waals surface area (Å²) in [5, 5.41) is 12.2. The Balaban J connectivity index is 1.75. The first-order valence-corrected chi connectivity index (χ1v) is 12.1. The lowest BCUT2D eigenvalue weighted by Gasteiger charge is -2.39. The Labute approximate surface area is 200 Å². The molecule has 2 aromatic rings. The average molecular weight is 518 g/mol. The van der Waals surface area contributed by atoms with Crippen LogP contribution in [0.4, 0.5) is 24.5 Å². The predicted octanol–water partition coefficient (Wildman–Crippen LogP) is 3.09. The van der Waals surface area contributed by atoms with Crippen LogP contribution in [0.15, 0.2) is 53.4 Å². The van der Waals surface area contributed by atoms with Crippen LogP contribution >= 0.6 is 0 Å². The van der Waals surface area contributed by atoms with Gasteiger partial charge in [0.15, 0.2) is 14.6 Å². The van der Waals surface area contributed by atoms with Crippen LogP contribution in [0.2, 0.25) is 0 Å². The molecule has 2 aromatic carbocycles. The van der Waals surface area contributed by atoms with Gasteiger partial charge in [-0.3, -0.25) is 10.0 Å². The molecule has 0 aliphatic carbocycles. The van der Waals surface area contributed by atoms with Crippen LogP contribution in [0.1, 0.15) is 12.8 Å². The maximum atomic E-state index is 13.5. The minimum atomic E-state index is -4.79. The molecule has 0 unspecified atom stereocenters. The molecule has 1 fully saturated rings. The molecule has 1 saturated heterocycles. The Hall–Kier alpha value is -2.87. The molecule has 1 amide bonds. The van der Waals surface area contributed by atoms with E-state index in [1.807, 2.05) is 4.90 Å². The van der Waals surface area contributed by atoms with Gasteiger partial charge >= 0.3 is 6.36 Å². The maximum absolute atomic E-state index is 13.5. The SMILES string of the molecule is COCCN1CCC(C(=O)NO)(S(=O)(=O)c2ccc(Nc3ccc(OC(F)(F)F)cc3)cc2)CC1. The van der Waals surface area contributed by atoms with Crippen molar-refractivity contribution in [1.82, 2.24) is 10.4 Å². The molecule has 35 heavy (non-hydrogen) atoms. The number of hydrogen-bond acceptors (Lipinski definition) is 8. The summed E-state index contributed by atoms with van der Waals surface area (Å²) >= 11 is 0. The number of carbonyl (C=O) groups excluding carboxylic acids is 1. The molecule has 0 aromatic heterocycles. The molecular formula is C22H26F3N3O6S. The average Bonchev–Trinajstić information content (AvgIpc) is 2.83. The smallest absolute Gasteiger partial charge is 0.406 e. The van der Waals surface area contributed by atoms with Crippen molar-refractivity contribution in [2.24, 2.45) is 0 Å². The monoisotopic (exact) mass is 517 g/mol. The molecule has 3 N–H and O–H groups in total. The second kappa shape index (κ2) is 10.8. The number of amides is 1. The molecular weight excluding hydrogens is 491 g/mol. The zero-order valence-electron chi connectivity index (χ0n) is 18.8. The fraction of sp³-hybridized carbons (Fsp3) is 0.409. The van der Waals surface area contributed by atoms with E-state index in [1.165, 1.54) is 41.9 Å². The van der Waals surface area contributed by atoms with Crippen molar-refractivity contribution in [3.63, 3.8) is 0 Å². The van der Waals surface area contributed by atoms with Gasteiger partial charge in [0, 0.05) is 38.1 Å². The lowest BCUT2D eigenvalue weighted by molar-refractivity contribution is -0.274. The molecule has 1 heterocycles. The van der Waals surface area contributed by atoms with Gasteiger partial charge in [0.2, 0.25) is 0 Å². The molecule has 0 saturated carbocycles. The first kappa shape index (κ1) is 26.7. The van der Waals surface area contributed by atoms with Gasteiger partial charge < -0.3 is 19.7 Å². The number of rotatable bonds is 9. The van der Waals surface area contributed by atoms with Gasteiger partial charge in [-0.15, -0.1) is 13.2 Å². The van der Waals surface area contributed by atoms with Crippen molar-refractivity contribution in [1.29, 1.82) is 0 Å². The normalized spacial score (nSPS) is 16.5. The highest BCUT2D eigenvalue weighted by atomic mass is 32.2. The number of methoxy groups -OCH3 is 1. The third-order valence-corrected chi connectivity index (χ3v) is 8.36. The van der Waals surface area contributed by atoms with E-state index < -0.39 is 26.9 Å². The van der Waals surface area contributed by atoms with Crippen molar-refractivity contribution in [3.05, 3.63) is 48.5 Å². The van der Waals surface area contributed by atoms with Gasteiger partial charge in [-0.25, -0.2) is 13.9 Å². The van der Waals surface area contributed by atoms with Gasteiger partial charge in [0.25, 0.3) is 5.91 Å². The van der Waals surface area contributed by atoms with Crippen LogP contribution in [-0.4, -0.2) is 68.9 Å². The topological polar surface area (TPSA) is 117 Å². The van der Waals surface area contributed by atoms with E-state index in [2.05, 4.69) is 10.1 Å². The standard InChI is InChI=1S/C22H26F3N3O6S/c1-33-15-14-28-12-10-21(11-13-28,20(29)27-30)35(31,32)19-8-4-17(5-9-19)26-16-2-6-18(7-3-16)34-22(23,24)25/h2-9,26,30H,10-15H2,1H3,(H,27,29). The molecule has 0 spiro atoms. The van der Waals surface area contributed by atoms with Crippen molar-refractivity contribution in [2.45, 2.75) is 28.8 Å². The maximum Gasteiger partial charge on any atom is 0.573 e. The summed E-state index contributed by atoms with van der Waals surface area (Å²) in [4.78, 5) is 14.5. The Morgan fingerprint density at radius 1 is 1.06 bits per heavy atom. The Morgan fingerprint density at radius 2 is 1.60 bits per heavy atom. The van der Waals surface area contributed by atoms with Crippen LogP contribution < -0.4 is 15.5 Å². The number of nitrogens with one attached hydrogen (secondary N) is 2. The molecule has 1 aliphatic rings. The van der Waals surface area contributed by atoms with Gasteiger partial charge in [-0.1, -0.05) is 0 Å². The largest absolute Gasteiger partial charge is 0.573 e. The molecule has 0 bridgehead atoms.